The molecule has 0 aliphatic rings. The summed E-state index contributed by atoms with van der Waals surface area (Å²) in [6.07, 6.45) is -0.632. The third-order valence-corrected chi connectivity index (χ3v) is 3.36. The van der Waals surface area contributed by atoms with E-state index in [0.29, 0.717) is 11.3 Å². The Morgan fingerprint density at radius 1 is 1.27 bits per heavy atom. The first-order chi connectivity index (χ1) is 10.5. The molecule has 0 bridgehead atoms. The van der Waals surface area contributed by atoms with Crippen molar-refractivity contribution in [2.75, 3.05) is 0 Å². The molecule has 1 atom stereocenters. The topological polar surface area (TPSA) is 71.2 Å². The van der Waals surface area contributed by atoms with Gasteiger partial charge in [0.15, 0.2) is 6.10 Å². The number of hydrogen-bond acceptors (Lipinski definition) is 3. The van der Waals surface area contributed by atoms with E-state index in [1.165, 1.54) is 0 Å². The quantitative estimate of drug-likeness (QED) is 0.888. The monoisotopic (exact) mass is 300 g/mol. The van der Waals surface area contributed by atoms with E-state index in [4.69, 9.17) is 4.74 Å². The number of H-pyrrole nitrogens is 1. The molecule has 5 heteroatoms. The van der Waals surface area contributed by atoms with Gasteiger partial charge in [0.25, 0.3) is 11.5 Å². The summed E-state index contributed by atoms with van der Waals surface area (Å²) < 4.78 is 5.55. The lowest BCUT2D eigenvalue weighted by Crippen LogP contribution is -2.37. The van der Waals surface area contributed by atoms with Crippen molar-refractivity contribution in [2.45, 2.75) is 33.4 Å². The number of hydrogen-bond donors (Lipinski definition) is 2. The summed E-state index contributed by atoms with van der Waals surface area (Å²) >= 11 is 0. The minimum Gasteiger partial charge on any atom is -0.481 e. The van der Waals surface area contributed by atoms with Gasteiger partial charge in [0, 0.05) is 17.8 Å². The van der Waals surface area contributed by atoms with Gasteiger partial charge in [-0.15, -0.1) is 0 Å². The number of aromatic amines is 1. The van der Waals surface area contributed by atoms with Crippen molar-refractivity contribution in [3.63, 3.8) is 0 Å². The number of nitrogens with one attached hydrogen (secondary N) is 2. The number of para-hydroxylation sites is 1. The minimum absolute atomic E-state index is 0.172. The lowest BCUT2D eigenvalue weighted by atomic mass is 10.1. The van der Waals surface area contributed by atoms with Gasteiger partial charge in [-0.05, 0) is 44.5 Å². The highest BCUT2D eigenvalue weighted by molar-refractivity contribution is 5.80. The molecule has 0 spiro atoms. The second kappa shape index (κ2) is 6.93. The normalized spacial score (nSPS) is 11.8. The van der Waals surface area contributed by atoms with Crippen LogP contribution in [0.25, 0.3) is 0 Å². The summed E-state index contributed by atoms with van der Waals surface area (Å²) in [7, 11) is 0. The summed E-state index contributed by atoms with van der Waals surface area (Å²) in [4.78, 5) is 26.7. The lowest BCUT2D eigenvalue weighted by Gasteiger charge is -2.15. The van der Waals surface area contributed by atoms with Crippen molar-refractivity contribution < 1.29 is 9.53 Å². The van der Waals surface area contributed by atoms with Crippen LogP contribution in [0.4, 0.5) is 0 Å². The molecule has 0 aliphatic heterocycles. The maximum atomic E-state index is 12.1. The van der Waals surface area contributed by atoms with E-state index >= 15 is 0 Å². The van der Waals surface area contributed by atoms with Gasteiger partial charge in [-0.3, -0.25) is 9.59 Å². The van der Waals surface area contributed by atoms with E-state index in [9.17, 15) is 9.59 Å². The second-order valence-electron chi connectivity index (χ2n) is 5.23. The van der Waals surface area contributed by atoms with Gasteiger partial charge in [-0.1, -0.05) is 18.2 Å². The van der Waals surface area contributed by atoms with Gasteiger partial charge in [-0.25, -0.2) is 0 Å². The lowest BCUT2D eigenvalue weighted by molar-refractivity contribution is -0.127. The second-order valence-corrected chi connectivity index (χ2v) is 5.23. The fraction of sp³-hybridized carbons (Fsp3) is 0.294. The number of amides is 1. The number of ether oxygens (including phenoxy) is 1. The molecule has 2 N–H and O–H groups in total. The molecule has 1 heterocycles. The molecule has 0 aliphatic carbocycles. The van der Waals surface area contributed by atoms with E-state index in [-0.39, 0.29) is 18.0 Å². The molecular weight excluding hydrogens is 280 g/mol. The van der Waals surface area contributed by atoms with E-state index in [1.54, 1.807) is 19.1 Å². The maximum Gasteiger partial charge on any atom is 0.261 e. The average Bonchev–Trinajstić information content (AvgIpc) is 2.46. The van der Waals surface area contributed by atoms with Gasteiger partial charge >= 0.3 is 0 Å². The van der Waals surface area contributed by atoms with Crippen molar-refractivity contribution in [3.05, 3.63) is 63.6 Å². The largest absolute Gasteiger partial charge is 0.481 e. The Morgan fingerprint density at radius 2 is 1.95 bits per heavy atom. The first-order valence-corrected chi connectivity index (χ1v) is 7.16. The van der Waals surface area contributed by atoms with Crippen LogP contribution in [0.1, 0.15) is 23.7 Å². The van der Waals surface area contributed by atoms with Crippen molar-refractivity contribution in [1.29, 1.82) is 0 Å². The standard InChI is InChI=1S/C17H20N2O3/c1-11-9-12(2)19-17(21)15(11)10-18-16(20)13(3)22-14-7-5-4-6-8-14/h4-9,13H,10H2,1-3H3,(H,18,20)(H,19,21). The van der Waals surface area contributed by atoms with Crippen molar-refractivity contribution >= 4 is 5.91 Å². The van der Waals surface area contributed by atoms with Crippen molar-refractivity contribution in [3.8, 4) is 5.75 Å². The molecule has 1 aromatic carbocycles. The summed E-state index contributed by atoms with van der Waals surface area (Å²) in [5, 5.41) is 2.74. The fourth-order valence-electron chi connectivity index (χ4n) is 2.18. The smallest absolute Gasteiger partial charge is 0.261 e. The van der Waals surface area contributed by atoms with Crippen LogP contribution in [0.5, 0.6) is 5.75 Å². The van der Waals surface area contributed by atoms with Crippen LogP contribution in [0.2, 0.25) is 0 Å². The zero-order valence-corrected chi connectivity index (χ0v) is 13.0. The van der Waals surface area contributed by atoms with Gasteiger partial charge < -0.3 is 15.0 Å². The van der Waals surface area contributed by atoms with Crippen molar-refractivity contribution in [1.82, 2.24) is 10.3 Å². The Kier molecular flexibility index (Phi) is 4.99. The number of carbonyl (C=O) groups is 1. The summed E-state index contributed by atoms with van der Waals surface area (Å²) in [5.74, 6) is 0.373. The van der Waals surface area contributed by atoms with Crippen LogP contribution in [0, 0.1) is 13.8 Å². The number of rotatable bonds is 5. The Morgan fingerprint density at radius 3 is 2.59 bits per heavy atom. The summed E-state index contributed by atoms with van der Waals surface area (Å²) in [6.45, 7) is 5.54. The predicted octanol–water partition coefficient (Wildman–Crippen LogP) is 2.08. The molecule has 116 valence electrons. The van der Waals surface area contributed by atoms with Gasteiger partial charge in [-0.2, -0.15) is 0 Å². The highest BCUT2D eigenvalue weighted by atomic mass is 16.5. The van der Waals surface area contributed by atoms with Gasteiger partial charge in [0.1, 0.15) is 5.75 Å². The van der Waals surface area contributed by atoms with Crippen LogP contribution in [-0.2, 0) is 11.3 Å². The average molecular weight is 300 g/mol. The number of carbonyl (C=O) groups excluding carboxylic acids is 1. The Bertz CT molecular complexity index is 708. The van der Waals surface area contributed by atoms with E-state index in [1.807, 2.05) is 38.1 Å². The highest BCUT2D eigenvalue weighted by Gasteiger charge is 2.15. The van der Waals surface area contributed by atoms with Crippen LogP contribution in [0.15, 0.2) is 41.2 Å². The third-order valence-electron chi connectivity index (χ3n) is 3.36. The molecule has 0 saturated heterocycles. The minimum atomic E-state index is -0.632. The molecule has 1 aromatic heterocycles. The van der Waals surface area contributed by atoms with Gasteiger partial charge in [0.05, 0.1) is 0 Å². The zero-order valence-electron chi connectivity index (χ0n) is 13.0. The zero-order chi connectivity index (χ0) is 16.1. The summed E-state index contributed by atoms with van der Waals surface area (Å²) in [5.41, 5.74) is 2.05. The SMILES string of the molecule is Cc1cc(C)c(CNC(=O)C(C)Oc2ccccc2)c(=O)[nH]1. The fourth-order valence-corrected chi connectivity index (χ4v) is 2.18. The van der Waals surface area contributed by atoms with Crippen molar-refractivity contribution in [2.24, 2.45) is 0 Å². The molecular formula is C17H20N2O3. The van der Waals surface area contributed by atoms with E-state index < -0.39 is 6.10 Å². The van der Waals surface area contributed by atoms with E-state index in [2.05, 4.69) is 10.3 Å². The molecule has 0 radical (unpaired) electrons. The molecule has 2 rings (SSSR count). The Hall–Kier alpha value is -2.56. The molecule has 0 fully saturated rings. The van der Waals surface area contributed by atoms with Crippen LogP contribution in [-0.4, -0.2) is 17.0 Å². The maximum absolute atomic E-state index is 12.1. The molecule has 5 nitrogen and oxygen atoms in total. The number of aryl methyl sites for hydroxylation is 2. The molecule has 1 amide bonds. The molecule has 2 aromatic rings. The first-order valence-electron chi connectivity index (χ1n) is 7.16. The predicted molar refractivity (Wildman–Crippen MR) is 84.9 cm³/mol. The van der Waals surface area contributed by atoms with Crippen LogP contribution < -0.4 is 15.6 Å². The molecule has 1 unspecified atom stereocenters. The molecule has 0 saturated carbocycles. The van der Waals surface area contributed by atoms with E-state index in [0.717, 1.165) is 11.3 Å². The Labute approximate surface area is 129 Å². The number of aromatic nitrogens is 1. The molecule has 22 heavy (non-hydrogen) atoms. The van der Waals surface area contributed by atoms with Crippen LogP contribution >= 0.6 is 0 Å². The number of benzene rings is 1. The third kappa shape index (κ3) is 3.97. The number of pyridine rings is 1. The Balaban J connectivity index is 1.97. The van der Waals surface area contributed by atoms with Gasteiger partial charge in [0.2, 0.25) is 0 Å². The van der Waals surface area contributed by atoms with Crippen LogP contribution in [0.3, 0.4) is 0 Å². The summed E-state index contributed by atoms with van der Waals surface area (Å²) in [6, 6.07) is 11.0. The first kappa shape index (κ1) is 15.8. The highest BCUT2D eigenvalue weighted by Crippen LogP contribution is 2.11.